The van der Waals surface area contributed by atoms with Crippen molar-refractivity contribution < 1.29 is 9.47 Å². The molecule has 0 aromatic heterocycles. The van der Waals surface area contributed by atoms with E-state index < -0.39 is 0 Å². The van der Waals surface area contributed by atoms with Gasteiger partial charge in [0.1, 0.15) is 0 Å². The second-order valence-corrected chi connectivity index (χ2v) is 7.32. The standard InChI is InChI=1S/C19H36O2/c1-3-5-7-9-16-10-12-18(13-11-16)19-20-14-17(15-21-19)8-6-4-2/h16-19H,3-15H2,1-2H3/t16?,17-,18?,19-. The van der Waals surface area contributed by atoms with Crippen LogP contribution in [-0.2, 0) is 9.47 Å². The van der Waals surface area contributed by atoms with Crippen LogP contribution in [0, 0.1) is 17.8 Å². The van der Waals surface area contributed by atoms with Crippen LogP contribution in [-0.4, -0.2) is 19.5 Å². The van der Waals surface area contributed by atoms with Crippen LogP contribution < -0.4 is 0 Å². The van der Waals surface area contributed by atoms with E-state index >= 15 is 0 Å². The van der Waals surface area contributed by atoms with E-state index in [2.05, 4.69) is 13.8 Å². The molecule has 1 saturated heterocycles. The summed E-state index contributed by atoms with van der Waals surface area (Å²) in [7, 11) is 0. The number of hydrogen-bond acceptors (Lipinski definition) is 2. The highest BCUT2D eigenvalue weighted by molar-refractivity contribution is 4.77. The van der Waals surface area contributed by atoms with Gasteiger partial charge in [0.2, 0.25) is 0 Å². The molecule has 2 heteroatoms. The van der Waals surface area contributed by atoms with Gasteiger partial charge >= 0.3 is 0 Å². The summed E-state index contributed by atoms with van der Waals surface area (Å²) in [5, 5.41) is 0. The monoisotopic (exact) mass is 296 g/mol. The maximum atomic E-state index is 6.04. The van der Waals surface area contributed by atoms with Crippen molar-refractivity contribution >= 4 is 0 Å². The summed E-state index contributed by atoms with van der Waals surface area (Å²) in [6.45, 7) is 6.41. The second-order valence-electron chi connectivity index (χ2n) is 7.32. The van der Waals surface area contributed by atoms with Crippen molar-refractivity contribution in [1.29, 1.82) is 0 Å². The van der Waals surface area contributed by atoms with Crippen LogP contribution in [0.3, 0.4) is 0 Å². The lowest BCUT2D eigenvalue weighted by molar-refractivity contribution is -0.230. The molecule has 0 spiro atoms. The van der Waals surface area contributed by atoms with Gasteiger partial charge in [0.05, 0.1) is 13.2 Å². The summed E-state index contributed by atoms with van der Waals surface area (Å²) >= 11 is 0. The van der Waals surface area contributed by atoms with Crippen molar-refractivity contribution in [2.75, 3.05) is 13.2 Å². The van der Waals surface area contributed by atoms with E-state index in [1.165, 1.54) is 70.6 Å². The fourth-order valence-electron chi connectivity index (χ4n) is 3.92. The van der Waals surface area contributed by atoms with Gasteiger partial charge in [0, 0.05) is 11.8 Å². The summed E-state index contributed by atoms with van der Waals surface area (Å²) in [6.07, 6.45) is 15.1. The lowest BCUT2D eigenvalue weighted by atomic mass is 9.79. The minimum Gasteiger partial charge on any atom is -0.352 e. The average Bonchev–Trinajstić information content (AvgIpc) is 2.54. The van der Waals surface area contributed by atoms with Crippen molar-refractivity contribution in [3.63, 3.8) is 0 Å². The zero-order chi connectivity index (χ0) is 14.9. The van der Waals surface area contributed by atoms with Crippen LogP contribution in [0.4, 0.5) is 0 Å². The SMILES string of the molecule is CCCCCC1CCC([C@H]2OC[C@H](CCCC)CO2)CC1. The van der Waals surface area contributed by atoms with Gasteiger partial charge in [-0.25, -0.2) is 0 Å². The van der Waals surface area contributed by atoms with E-state index in [0.717, 1.165) is 19.1 Å². The van der Waals surface area contributed by atoms with Crippen LogP contribution in [0.2, 0.25) is 0 Å². The van der Waals surface area contributed by atoms with Crippen LogP contribution in [0.1, 0.15) is 84.5 Å². The first-order valence-electron chi connectivity index (χ1n) is 9.56. The van der Waals surface area contributed by atoms with E-state index in [-0.39, 0.29) is 6.29 Å². The molecule has 0 unspecified atom stereocenters. The van der Waals surface area contributed by atoms with Gasteiger partial charge in [-0.2, -0.15) is 0 Å². The molecule has 0 N–H and O–H groups in total. The molecule has 0 bridgehead atoms. The van der Waals surface area contributed by atoms with E-state index in [0.29, 0.717) is 11.8 Å². The average molecular weight is 296 g/mol. The Hall–Kier alpha value is -0.0800. The quantitative estimate of drug-likeness (QED) is 0.546. The topological polar surface area (TPSA) is 18.5 Å². The van der Waals surface area contributed by atoms with Crippen molar-refractivity contribution in [3.05, 3.63) is 0 Å². The molecule has 1 aliphatic carbocycles. The Kier molecular flexibility index (Phi) is 8.10. The third-order valence-electron chi connectivity index (χ3n) is 5.45. The number of ether oxygens (including phenoxy) is 2. The molecule has 0 aromatic carbocycles. The predicted octanol–water partition coefficient (Wildman–Crippen LogP) is 5.55. The van der Waals surface area contributed by atoms with Gasteiger partial charge in [0.25, 0.3) is 0 Å². The third-order valence-corrected chi connectivity index (χ3v) is 5.45. The van der Waals surface area contributed by atoms with E-state index in [9.17, 15) is 0 Å². The Labute approximate surface area is 132 Å². The zero-order valence-corrected chi connectivity index (χ0v) is 14.3. The highest BCUT2D eigenvalue weighted by Gasteiger charge is 2.32. The van der Waals surface area contributed by atoms with E-state index in [4.69, 9.17) is 9.47 Å². The first-order valence-corrected chi connectivity index (χ1v) is 9.56. The van der Waals surface area contributed by atoms with E-state index in [1.807, 2.05) is 0 Å². The van der Waals surface area contributed by atoms with Gasteiger partial charge in [-0.15, -0.1) is 0 Å². The second kappa shape index (κ2) is 9.84. The highest BCUT2D eigenvalue weighted by Crippen LogP contribution is 2.36. The van der Waals surface area contributed by atoms with Gasteiger partial charge < -0.3 is 9.47 Å². The van der Waals surface area contributed by atoms with Crippen LogP contribution >= 0.6 is 0 Å². The maximum absolute atomic E-state index is 6.04. The molecule has 0 atom stereocenters. The highest BCUT2D eigenvalue weighted by atomic mass is 16.7. The fourth-order valence-corrected chi connectivity index (χ4v) is 3.92. The lowest BCUT2D eigenvalue weighted by Crippen LogP contribution is -2.38. The Morgan fingerprint density at radius 1 is 0.714 bits per heavy atom. The maximum Gasteiger partial charge on any atom is 0.160 e. The molecule has 1 aliphatic heterocycles. The van der Waals surface area contributed by atoms with Crippen molar-refractivity contribution in [2.24, 2.45) is 17.8 Å². The third kappa shape index (κ3) is 5.90. The molecule has 2 nitrogen and oxygen atoms in total. The van der Waals surface area contributed by atoms with Crippen molar-refractivity contribution in [1.82, 2.24) is 0 Å². The Morgan fingerprint density at radius 3 is 1.95 bits per heavy atom. The first kappa shape index (κ1) is 17.3. The molecule has 0 amide bonds. The molecular weight excluding hydrogens is 260 g/mol. The summed E-state index contributed by atoms with van der Waals surface area (Å²) in [5.41, 5.74) is 0. The van der Waals surface area contributed by atoms with Gasteiger partial charge in [-0.05, 0) is 38.0 Å². The predicted molar refractivity (Wildman–Crippen MR) is 88.3 cm³/mol. The largest absolute Gasteiger partial charge is 0.352 e. The molecule has 2 aliphatic rings. The van der Waals surface area contributed by atoms with Gasteiger partial charge in [-0.1, -0.05) is 52.4 Å². The fraction of sp³-hybridized carbons (Fsp3) is 1.00. The summed E-state index contributed by atoms with van der Waals surface area (Å²) in [6, 6.07) is 0. The lowest BCUT2D eigenvalue weighted by Gasteiger charge is -2.37. The molecular formula is C19H36O2. The molecule has 2 fully saturated rings. The van der Waals surface area contributed by atoms with Gasteiger partial charge in [0.15, 0.2) is 6.29 Å². The number of unbranched alkanes of at least 4 members (excludes halogenated alkanes) is 3. The molecule has 21 heavy (non-hydrogen) atoms. The number of hydrogen-bond donors (Lipinski definition) is 0. The normalized spacial score (nSPS) is 34.0. The Balaban J connectivity index is 1.60. The van der Waals surface area contributed by atoms with Crippen molar-refractivity contribution in [3.8, 4) is 0 Å². The zero-order valence-electron chi connectivity index (χ0n) is 14.3. The van der Waals surface area contributed by atoms with Crippen LogP contribution in [0.25, 0.3) is 0 Å². The van der Waals surface area contributed by atoms with E-state index in [1.54, 1.807) is 0 Å². The van der Waals surface area contributed by atoms with Crippen LogP contribution in [0.15, 0.2) is 0 Å². The van der Waals surface area contributed by atoms with Crippen molar-refractivity contribution in [2.45, 2.75) is 90.8 Å². The molecule has 1 saturated carbocycles. The summed E-state index contributed by atoms with van der Waals surface area (Å²) in [4.78, 5) is 0. The summed E-state index contributed by atoms with van der Waals surface area (Å²) in [5.74, 6) is 2.29. The van der Waals surface area contributed by atoms with Gasteiger partial charge in [-0.3, -0.25) is 0 Å². The minimum atomic E-state index is 0.111. The minimum absolute atomic E-state index is 0.111. The smallest absolute Gasteiger partial charge is 0.160 e. The molecule has 0 radical (unpaired) electrons. The molecule has 1 heterocycles. The molecule has 2 rings (SSSR count). The first-order chi connectivity index (χ1) is 10.3. The molecule has 0 aromatic rings. The Bertz CT molecular complexity index is 250. The Morgan fingerprint density at radius 2 is 1.33 bits per heavy atom. The number of rotatable bonds is 8. The molecule has 124 valence electrons. The summed E-state index contributed by atoms with van der Waals surface area (Å²) < 4.78 is 12.1. The van der Waals surface area contributed by atoms with Crippen LogP contribution in [0.5, 0.6) is 0 Å².